The van der Waals surface area contributed by atoms with Gasteiger partial charge in [-0.2, -0.15) is 5.26 Å². The van der Waals surface area contributed by atoms with E-state index in [0.29, 0.717) is 12.5 Å². The van der Waals surface area contributed by atoms with Crippen LogP contribution in [0.15, 0.2) is 24.3 Å². The van der Waals surface area contributed by atoms with Crippen molar-refractivity contribution >= 4 is 5.69 Å². The summed E-state index contributed by atoms with van der Waals surface area (Å²) in [6, 6.07) is 11.8. The molecular formula is C16H23N3. The zero-order valence-electron chi connectivity index (χ0n) is 12.1. The van der Waals surface area contributed by atoms with Gasteiger partial charge in [-0.15, -0.1) is 0 Å². The summed E-state index contributed by atoms with van der Waals surface area (Å²) >= 11 is 0. The minimum Gasteiger partial charge on any atom is -0.363 e. The highest BCUT2D eigenvalue weighted by atomic mass is 15.3. The average Bonchev–Trinajstić information content (AvgIpc) is 2.51. The standard InChI is InChI=1S/C16H23N3/c1-13-4-6-15(7-5-13)19-14(2)9-11-18(3)12-16(19)8-10-17/h4-7,14,16H,8-9,11-12H2,1-3H3. The van der Waals surface area contributed by atoms with Gasteiger partial charge in [0, 0.05) is 18.3 Å². The van der Waals surface area contributed by atoms with E-state index in [0.717, 1.165) is 19.5 Å². The van der Waals surface area contributed by atoms with Crippen molar-refractivity contribution in [3.63, 3.8) is 0 Å². The molecule has 0 N–H and O–H groups in total. The van der Waals surface area contributed by atoms with Gasteiger partial charge in [-0.3, -0.25) is 0 Å². The number of rotatable bonds is 2. The van der Waals surface area contributed by atoms with Crippen molar-refractivity contribution in [2.24, 2.45) is 0 Å². The number of benzene rings is 1. The summed E-state index contributed by atoms with van der Waals surface area (Å²) in [5, 5.41) is 9.10. The molecule has 3 nitrogen and oxygen atoms in total. The summed E-state index contributed by atoms with van der Waals surface area (Å²) in [5.74, 6) is 0. The Labute approximate surface area is 116 Å². The molecule has 3 heteroatoms. The van der Waals surface area contributed by atoms with E-state index in [4.69, 9.17) is 5.26 Å². The summed E-state index contributed by atoms with van der Waals surface area (Å²) in [6.45, 7) is 6.44. The number of nitrogens with zero attached hydrogens (tertiary/aromatic N) is 3. The van der Waals surface area contributed by atoms with Gasteiger partial charge in [0.1, 0.15) is 0 Å². The van der Waals surface area contributed by atoms with Crippen LogP contribution in [0.3, 0.4) is 0 Å². The second-order valence-corrected chi connectivity index (χ2v) is 5.66. The SMILES string of the molecule is Cc1ccc(N2C(C)CCN(C)CC2CC#N)cc1. The molecule has 1 heterocycles. The molecule has 1 aliphatic heterocycles. The molecule has 0 amide bonds. The van der Waals surface area contributed by atoms with Gasteiger partial charge in [-0.1, -0.05) is 17.7 Å². The molecule has 0 aromatic heterocycles. The first-order chi connectivity index (χ1) is 9.11. The molecule has 1 aromatic carbocycles. The van der Waals surface area contributed by atoms with Crippen LogP contribution in [0.2, 0.25) is 0 Å². The Kier molecular flexibility index (Phi) is 4.44. The zero-order valence-corrected chi connectivity index (χ0v) is 12.1. The fraction of sp³-hybridized carbons (Fsp3) is 0.562. The van der Waals surface area contributed by atoms with Gasteiger partial charge in [0.05, 0.1) is 18.5 Å². The number of hydrogen-bond donors (Lipinski definition) is 0. The Morgan fingerprint density at radius 2 is 2.00 bits per heavy atom. The van der Waals surface area contributed by atoms with Crippen LogP contribution in [-0.4, -0.2) is 37.1 Å². The number of aryl methyl sites for hydroxylation is 1. The maximum absolute atomic E-state index is 9.10. The molecule has 2 rings (SSSR count). The third-order valence-electron chi connectivity index (χ3n) is 3.98. The van der Waals surface area contributed by atoms with E-state index in [1.165, 1.54) is 11.3 Å². The molecule has 1 aromatic rings. The molecule has 0 spiro atoms. The van der Waals surface area contributed by atoms with Crippen LogP contribution < -0.4 is 4.90 Å². The molecule has 2 atom stereocenters. The van der Waals surface area contributed by atoms with E-state index in [1.54, 1.807) is 0 Å². The van der Waals surface area contributed by atoms with Gasteiger partial charge in [-0.25, -0.2) is 0 Å². The van der Waals surface area contributed by atoms with Gasteiger partial charge >= 0.3 is 0 Å². The van der Waals surface area contributed by atoms with E-state index >= 15 is 0 Å². The van der Waals surface area contributed by atoms with Gasteiger partial charge < -0.3 is 9.80 Å². The largest absolute Gasteiger partial charge is 0.363 e. The zero-order chi connectivity index (χ0) is 13.8. The van der Waals surface area contributed by atoms with Crippen LogP contribution in [0.1, 0.15) is 25.3 Å². The normalized spacial score (nSPS) is 24.8. The molecule has 2 unspecified atom stereocenters. The van der Waals surface area contributed by atoms with E-state index in [-0.39, 0.29) is 6.04 Å². The molecule has 0 radical (unpaired) electrons. The first-order valence-electron chi connectivity index (χ1n) is 7.02. The Balaban J connectivity index is 2.30. The quantitative estimate of drug-likeness (QED) is 0.816. The van der Waals surface area contributed by atoms with Crippen LogP contribution in [0.25, 0.3) is 0 Å². The lowest BCUT2D eigenvalue weighted by Gasteiger charge is -2.36. The summed E-state index contributed by atoms with van der Waals surface area (Å²) in [4.78, 5) is 4.78. The highest BCUT2D eigenvalue weighted by Crippen LogP contribution is 2.26. The third-order valence-corrected chi connectivity index (χ3v) is 3.98. The molecule has 0 bridgehead atoms. The van der Waals surface area contributed by atoms with Crippen LogP contribution in [0.4, 0.5) is 5.69 Å². The minimum atomic E-state index is 0.287. The Morgan fingerprint density at radius 1 is 1.32 bits per heavy atom. The molecule has 1 saturated heterocycles. The van der Waals surface area contributed by atoms with Crippen molar-refractivity contribution in [1.82, 2.24) is 4.90 Å². The van der Waals surface area contributed by atoms with Crippen LogP contribution in [0.5, 0.6) is 0 Å². The Morgan fingerprint density at radius 3 is 2.63 bits per heavy atom. The van der Waals surface area contributed by atoms with Gasteiger partial charge in [0.25, 0.3) is 0 Å². The third kappa shape index (κ3) is 3.27. The molecule has 0 aliphatic carbocycles. The van der Waals surface area contributed by atoms with Crippen molar-refractivity contribution < 1.29 is 0 Å². The monoisotopic (exact) mass is 257 g/mol. The lowest BCUT2D eigenvalue weighted by molar-refractivity contribution is 0.331. The summed E-state index contributed by atoms with van der Waals surface area (Å²) in [6.07, 6.45) is 1.73. The minimum absolute atomic E-state index is 0.287. The topological polar surface area (TPSA) is 30.3 Å². The highest BCUT2D eigenvalue weighted by Gasteiger charge is 2.28. The van der Waals surface area contributed by atoms with Crippen LogP contribution >= 0.6 is 0 Å². The second-order valence-electron chi connectivity index (χ2n) is 5.66. The lowest BCUT2D eigenvalue weighted by Crippen LogP contribution is -2.44. The summed E-state index contributed by atoms with van der Waals surface area (Å²) < 4.78 is 0. The number of anilines is 1. The first-order valence-corrected chi connectivity index (χ1v) is 7.02. The van der Waals surface area contributed by atoms with Crippen LogP contribution in [0, 0.1) is 18.3 Å². The maximum Gasteiger partial charge on any atom is 0.0643 e. The highest BCUT2D eigenvalue weighted by molar-refractivity contribution is 5.50. The number of hydrogen-bond acceptors (Lipinski definition) is 3. The van der Waals surface area contributed by atoms with Gasteiger partial charge in [0.15, 0.2) is 0 Å². The molecule has 0 saturated carbocycles. The van der Waals surface area contributed by atoms with Crippen LogP contribution in [-0.2, 0) is 0 Å². The molecule has 19 heavy (non-hydrogen) atoms. The Hall–Kier alpha value is -1.53. The van der Waals surface area contributed by atoms with Crippen molar-refractivity contribution in [2.75, 3.05) is 25.0 Å². The van der Waals surface area contributed by atoms with Gasteiger partial charge in [0.2, 0.25) is 0 Å². The van der Waals surface area contributed by atoms with Crippen molar-refractivity contribution in [3.8, 4) is 6.07 Å². The Bertz CT molecular complexity index is 446. The first kappa shape index (κ1) is 13.9. The molecular weight excluding hydrogens is 234 g/mol. The smallest absolute Gasteiger partial charge is 0.0643 e. The number of nitriles is 1. The van der Waals surface area contributed by atoms with Gasteiger partial charge in [-0.05, 0) is 46.0 Å². The van der Waals surface area contributed by atoms with Crippen molar-refractivity contribution in [2.45, 2.75) is 38.8 Å². The summed E-state index contributed by atoms with van der Waals surface area (Å²) in [7, 11) is 2.15. The molecule has 1 aliphatic rings. The second kappa shape index (κ2) is 6.08. The van der Waals surface area contributed by atoms with E-state index in [1.807, 2.05) is 0 Å². The lowest BCUT2D eigenvalue weighted by atomic mass is 10.1. The number of likely N-dealkylation sites (N-methyl/N-ethyl adjacent to an activating group) is 1. The van der Waals surface area contributed by atoms with E-state index in [9.17, 15) is 0 Å². The molecule has 102 valence electrons. The summed E-state index contributed by atoms with van der Waals surface area (Å²) in [5.41, 5.74) is 2.52. The maximum atomic E-state index is 9.10. The van der Waals surface area contributed by atoms with Crippen molar-refractivity contribution in [1.29, 1.82) is 5.26 Å². The predicted octanol–water partition coefficient (Wildman–Crippen LogP) is 2.81. The van der Waals surface area contributed by atoms with E-state index in [2.05, 4.69) is 61.0 Å². The predicted molar refractivity (Wildman–Crippen MR) is 79.3 cm³/mol. The fourth-order valence-corrected chi connectivity index (χ4v) is 2.90. The average molecular weight is 257 g/mol. The van der Waals surface area contributed by atoms with E-state index < -0.39 is 0 Å². The molecule has 1 fully saturated rings. The fourth-order valence-electron chi connectivity index (χ4n) is 2.90. The van der Waals surface area contributed by atoms with Crippen molar-refractivity contribution in [3.05, 3.63) is 29.8 Å².